The molecule has 0 saturated heterocycles. The Bertz CT molecular complexity index is 494. The molecule has 7 nitrogen and oxygen atoms in total. The zero-order chi connectivity index (χ0) is 17.1. The predicted octanol–water partition coefficient (Wildman–Crippen LogP) is 1.77. The lowest BCUT2D eigenvalue weighted by atomic mass is 9.99. The molecule has 0 saturated carbocycles. The van der Waals surface area contributed by atoms with Crippen LogP contribution in [0.25, 0.3) is 0 Å². The van der Waals surface area contributed by atoms with E-state index < -0.39 is 0 Å². The third kappa shape index (κ3) is 6.71. The maximum absolute atomic E-state index is 11.6. The molecule has 0 spiro atoms. The summed E-state index contributed by atoms with van der Waals surface area (Å²) in [7, 11) is 1.66. The molecule has 7 heteroatoms. The van der Waals surface area contributed by atoms with Crippen LogP contribution in [0.5, 0.6) is 0 Å². The van der Waals surface area contributed by atoms with Gasteiger partial charge in [-0.3, -0.25) is 9.79 Å². The standard InChI is InChI=1S/C16H29N5O2/c1-5-8-18-15(22)11-20-16(17-4)19-10-13-9-14(21-23-13)12(6-2)7-3/h9,12H,5-8,10-11H2,1-4H3,(H,18,22)(H2,17,19,20). The maximum Gasteiger partial charge on any atom is 0.239 e. The minimum atomic E-state index is -0.0505. The molecule has 1 heterocycles. The second-order valence-corrected chi connectivity index (χ2v) is 5.36. The maximum atomic E-state index is 11.6. The summed E-state index contributed by atoms with van der Waals surface area (Å²) in [6.07, 6.45) is 3.01. The van der Waals surface area contributed by atoms with Crippen LogP contribution in [0.15, 0.2) is 15.6 Å². The summed E-state index contributed by atoms with van der Waals surface area (Å²) in [4.78, 5) is 15.6. The summed E-state index contributed by atoms with van der Waals surface area (Å²) in [6.45, 7) is 7.66. The summed E-state index contributed by atoms with van der Waals surface area (Å²) < 4.78 is 5.35. The van der Waals surface area contributed by atoms with E-state index in [0.717, 1.165) is 30.7 Å². The highest BCUT2D eigenvalue weighted by molar-refractivity contribution is 5.86. The fraction of sp³-hybridized carbons (Fsp3) is 0.688. The van der Waals surface area contributed by atoms with Gasteiger partial charge in [0.25, 0.3) is 0 Å². The Hall–Kier alpha value is -2.05. The Labute approximate surface area is 138 Å². The molecule has 130 valence electrons. The second kappa shape index (κ2) is 10.6. The van der Waals surface area contributed by atoms with Crippen molar-refractivity contribution in [2.45, 2.75) is 52.5 Å². The van der Waals surface area contributed by atoms with Crippen molar-refractivity contribution in [3.8, 4) is 0 Å². The molecule has 0 fully saturated rings. The molecule has 0 bridgehead atoms. The molecule has 0 aromatic carbocycles. The highest BCUT2D eigenvalue weighted by atomic mass is 16.5. The number of carbonyl (C=O) groups excluding carboxylic acids is 1. The van der Waals surface area contributed by atoms with Crippen molar-refractivity contribution in [2.75, 3.05) is 20.1 Å². The Balaban J connectivity index is 2.41. The molecule has 3 N–H and O–H groups in total. The van der Waals surface area contributed by atoms with E-state index in [1.165, 1.54) is 0 Å². The van der Waals surface area contributed by atoms with Crippen LogP contribution in [0.1, 0.15) is 57.4 Å². The fourth-order valence-electron chi connectivity index (χ4n) is 2.19. The Morgan fingerprint density at radius 3 is 2.61 bits per heavy atom. The van der Waals surface area contributed by atoms with Gasteiger partial charge in [0.1, 0.15) is 0 Å². The predicted molar refractivity (Wildman–Crippen MR) is 91.3 cm³/mol. The van der Waals surface area contributed by atoms with E-state index in [4.69, 9.17) is 4.52 Å². The van der Waals surface area contributed by atoms with Gasteiger partial charge < -0.3 is 20.5 Å². The van der Waals surface area contributed by atoms with Gasteiger partial charge in [0.05, 0.1) is 18.8 Å². The normalized spacial score (nSPS) is 11.6. The molecular weight excluding hydrogens is 294 g/mol. The largest absolute Gasteiger partial charge is 0.359 e. The topological polar surface area (TPSA) is 91.5 Å². The van der Waals surface area contributed by atoms with E-state index in [1.807, 2.05) is 13.0 Å². The van der Waals surface area contributed by atoms with E-state index in [0.29, 0.717) is 25.0 Å². The van der Waals surface area contributed by atoms with Gasteiger partial charge >= 0.3 is 0 Å². The van der Waals surface area contributed by atoms with Crippen molar-refractivity contribution in [3.63, 3.8) is 0 Å². The minimum absolute atomic E-state index is 0.0505. The zero-order valence-electron chi connectivity index (χ0n) is 14.6. The van der Waals surface area contributed by atoms with Crippen molar-refractivity contribution in [1.29, 1.82) is 0 Å². The number of amides is 1. The van der Waals surface area contributed by atoms with Crippen LogP contribution in [0.4, 0.5) is 0 Å². The van der Waals surface area contributed by atoms with Crippen LogP contribution >= 0.6 is 0 Å². The number of hydrogen-bond acceptors (Lipinski definition) is 4. The van der Waals surface area contributed by atoms with E-state index in [9.17, 15) is 4.79 Å². The van der Waals surface area contributed by atoms with Gasteiger partial charge in [-0.05, 0) is 19.3 Å². The first-order valence-electron chi connectivity index (χ1n) is 8.31. The van der Waals surface area contributed by atoms with Crippen molar-refractivity contribution in [1.82, 2.24) is 21.1 Å². The molecule has 1 rings (SSSR count). The first-order valence-corrected chi connectivity index (χ1v) is 8.31. The SMILES string of the molecule is CCCNC(=O)CNC(=NC)NCc1cc(C(CC)CC)no1. The number of guanidine groups is 1. The average molecular weight is 323 g/mol. The number of aromatic nitrogens is 1. The summed E-state index contributed by atoms with van der Waals surface area (Å²) in [5.41, 5.74) is 0.994. The van der Waals surface area contributed by atoms with Gasteiger partial charge in [0.2, 0.25) is 5.91 Å². The van der Waals surface area contributed by atoms with Gasteiger partial charge in [0.15, 0.2) is 11.7 Å². The second-order valence-electron chi connectivity index (χ2n) is 5.36. The monoisotopic (exact) mass is 323 g/mol. The number of carbonyl (C=O) groups is 1. The number of aliphatic imine (C=N–C) groups is 1. The molecular formula is C16H29N5O2. The van der Waals surface area contributed by atoms with E-state index in [1.54, 1.807) is 7.05 Å². The molecule has 1 aromatic heterocycles. The highest BCUT2D eigenvalue weighted by Crippen LogP contribution is 2.22. The molecule has 0 aliphatic rings. The minimum Gasteiger partial charge on any atom is -0.359 e. The third-order valence-electron chi connectivity index (χ3n) is 3.62. The first-order chi connectivity index (χ1) is 11.1. The van der Waals surface area contributed by atoms with Crippen molar-refractivity contribution < 1.29 is 9.32 Å². The molecule has 0 unspecified atom stereocenters. The van der Waals surface area contributed by atoms with Gasteiger partial charge in [-0.15, -0.1) is 0 Å². The molecule has 0 atom stereocenters. The van der Waals surface area contributed by atoms with Crippen LogP contribution < -0.4 is 16.0 Å². The van der Waals surface area contributed by atoms with Crippen LogP contribution in [0, 0.1) is 0 Å². The molecule has 0 aliphatic heterocycles. The summed E-state index contributed by atoms with van der Waals surface area (Å²) in [5, 5.41) is 13.0. The van der Waals surface area contributed by atoms with Crippen LogP contribution in [0.3, 0.4) is 0 Å². The Morgan fingerprint density at radius 1 is 1.26 bits per heavy atom. The third-order valence-corrected chi connectivity index (χ3v) is 3.62. The van der Waals surface area contributed by atoms with Crippen LogP contribution in [-0.4, -0.2) is 37.2 Å². The van der Waals surface area contributed by atoms with Crippen molar-refractivity contribution >= 4 is 11.9 Å². The fourth-order valence-corrected chi connectivity index (χ4v) is 2.19. The lowest BCUT2D eigenvalue weighted by molar-refractivity contribution is -0.120. The van der Waals surface area contributed by atoms with E-state index in [2.05, 4.69) is 39.9 Å². The Kier molecular flexibility index (Phi) is 8.79. The van der Waals surface area contributed by atoms with E-state index in [-0.39, 0.29) is 12.5 Å². The highest BCUT2D eigenvalue weighted by Gasteiger charge is 2.13. The van der Waals surface area contributed by atoms with Crippen LogP contribution in [-0.2, 0) is 11.3 Å². The van der Waals surface area contributed by atoms with E-state index >= 15 is 0 Å². The quantitative estimate of drug-likeness (QED) is 0.476. The lowest BCUT2D eigenvalue weighted by Crippen LogP contribution is -2.43. The number of nitrogens with zero attached hydrogens (tertiary/aromatic N) is 2. The summed E-state index contributed by atoms with van der Waals surface area (Å²) in [5.74, 6) is 1.69. The summed E-state index contributed by atoms with van der Waals surface area (Å²) in [6, 6.07) is 1.98. The van der Waals surface area contributed by atoms with Gasteiger partial charge in [-0.1, -0.05) is 25.9 Å². The van der Waals surface area contributed by atoms with Gasteiger partial charge in [-0.2, -0.15) is 0 Å². The number of hydrogen-bond donors (Lipinski definition) is 3. The Morgan fingerprint density at radius 2 is 2.00 bits per heavy atom. The summed E-state index contributed by atoms with van der Waals surface area (Å²) >= 11 is 0. The number of nitrogens with one attached hydrogen (secondary N) is 3. The van der Waals surface area contributed by atoms with Gasteiger partial charge in [-0.25, -0.2) is 0 Å². The average Bonchev–Trinajstić information content (AvgIpc) is 3.03. The van der Waals surface area contributed by atoms with Gasteiger partial charge in [0, 0.05) is 25.6 Å². The lowest BCUT2D eigenvalue weighted by Gasteiger charge is -2.10. The molecule has 1 amide bonds. The zero-order valence-corrected chi connectivity index (χ0v) is 14.6. The number of rotatable bonds is 9. The molecule has 23 heavy (non-hydrogen) atoms. The van der Waals surface area contributed by atoms with Crippen molar-refractivity contribution in [2.24, 2.45) is 4.99 Å². The smallest absolute Gasteiger partial charge is 0.239 e. The molecule has 0 aliphatic carbocycles. The van der Waals surface area contributed by atoms with Crippen LogP contribution in [0.2, 0.25) is 0 Å². The molecule has 0 radical (unpaired) electrons. The molecule has 1 aromatic rings. The van der Waals surface area contributed by atoms with Crippen molar-refractivity contribution in [3.05, 3.63) is 17.5 Å². The first kappa shape index (κ1) is 19.0.